The molecule has 2 fully saturated rings. The summed E-state index contributed by atoms with van der Waals surface area (Å²) in [7, 11) is 0. The van der Waals surface area contributed by atoms with Gasteiger partial charge >= 0.3 is 0 Å². The van der Waals surface area contributed by atoms with Crippen molar-refractivity contribution >= 4 is 21.8 Å². The van der Waals surface area contributed by atoms with Gasteiger partial charge in [0.15, 0.2) is 0 Å². The Balaban J connectivity index is 2.00. The maximum atomic E-state index is 12.2. The Morgan fingerprint density at radius 3 is 2.50 bits per heavy atom. The van der Waals surface area contributed by atoms with Crippen molar-refractivity contribution in [3.63, 3.8) is 0 Å². The molecule has 0 spiro atoms. The number of nitrogens with one attached hydrogen (secondary N) is 1. The average molecular weight is 290 g/mol. The third-order valence-electron chi connectivity index (χ3n) is 3.89. The van der Waals surface area contributed by atoms with Crippen LogP contribution in [0, 0.1) is 0 Å². The van der Waals surface area contributed by atoms with E-state index in [0.29, 0.717) is 6.61 Å². The number of amides is 1. The second kappa shape index (κ2) is 4.65. The lowest BCUT2D eigenvalue weighted by molar-refractivity contribution is -0.141. The number of alkyl halides is 1. The number of ether oxygens (including phenoxy) is 1. The molecule has 1 atom stereocenters. The van der Waals surface area contributed by atoms with E-state index in [1.54, 1.807) is 0 Å². The second-order valence-corrected chi connectivity index (χ2v) is 5.82. The normalized spacial score (nSPS) is 32.9. The van der Waals surface area contributed by atoms with E-state index in [2.05, 4.69) is 21.2 Å². The lowest BCUT2D eigenvalue weighted by Crippen LogP contribution is -2.55. The Bertz CT molecular complexity index is 268. The molecule has 1 saturated carbocycles. The molecule has 0 bridgehead atoms. The molecule has 0 aromatic heterocycles. The van der Waals surface area contributed by atoms with Gasteiger partial charge < -0.3 is 10.1 Å². The predicted octanol–water partition coefficient (Wildman–Crippen LogP) is 2.38. The lowest BCUT2D eigenvalue weighted by Gasteiger charge is -2.32. The average Bonchev–Trinajstić information content (AvgIpc) is 2.89. The summed E-state index contributed by atoms with van der Waals surface area (Å²) in [5.41, 5.74) is -0.607. The molecule has 16 heavy (non-hydrogen) atoms. The highest BCUT2D eigenvalue weighted by Crippen LogP contribution is 2.33. The van der Waals surface area contributed by atoms with Crippen molar-refractivity contribution in [2.24, 2.45) is 0 Å². The van der Waals surface area contributed by atoms with E-state index in [9.17, 15) is 4.79 Å². The molecule has 0 aromatic rings. The van der Waals surface area contributed by atoms with Crippen LogP contribution in [-0.4, -0.2) is 29.0 Å². The summed E-state index contributed by atoms with van der Waals surface area (Å²) in [6, 6.07) is 0. The number of hydrogen-bond acceptors (Lipinski definition) is 2. The van der Waals surface area contributed by atoms with Gasteiger partial charge in [0.1, 0.15) is 5.60 Å². The van der Waals surface area contributed by atoms with Gasteiger partial charge in [-0.25, -0.2) is 0 Å². The van der Waals surface area contributed by atoms with E-state index in [-0.39, 0.29) is 11.4 Å². The van der Waals surface area contributed by atoms with Crippen LogP contribution in [0.5, 0.6) is 0 Å². The molecule has 0 aromatic carbocycles. The molecule has 2 aliphatic rings. The molecule has 3 nitrogen and oxygen atoms in total. The summed E-state index contributed by atoms with van der Waals surface area (Å²) in [4.78, 5) is 12.2. The monoisotopic (exact) mass is 289 g/mol. The van der Waals surface area contributed by atoms with Crippen molar-refractivity contribution < 1.29 is 9.53 Å². The Labute approximate surface area is 105 Å². The SMILES string of the molecule is CC1(C(=O)NC2(CBr)CCCC2)CCCO1. The minimum absolute atomic E-state index is 0.0218. The van der Waals surface area contributed by atoms with E-state index >= 15 is 0 Å². The first-order valence-corrected chi connectivity index (χ1v) is 7.25. The van der Waals surface area contributed by atoms with Crippen molar-refractivity contribution in [2.45, 2.75) is 56.6 Å². The fourth-order valence-corrected chi connectivity index (χ4v) is 3.38. The van der Waals surface area contributed by atoms with Crippen molar-refractivity contribution in [2.75, 3.05) is 11.9 Å². The number of carbonyl (C=O) groups is 1. The van der Waals surface area contributed by atoms with Crippen LogP contribution in [0.4, 0.5) is 0 Å². The van der Waals surface area contributed by atoms with Crippen LogP contribution in [-0.2, 0) is 9.53 Å². The summed E-state index contributed by atoms with van der Waals surface area (Å²) in [6.45, 7) is 2.62. The van der Waals surface area contributed by atoms with Gasteiger partial charge in [-0.3, -0.25) is 4.79 Å². The zero-order valence-corrected chi connectivity index (χ0v) is 11.4. The molecule has 4 heteroatoms. The molecule has 1 saturated heterocycles. The quantitative estimate of drug-likeness (QED) is 0.810. The first-order valence-electron chi connectivity index (χ1n) is 6.13. The van der Waals surface area contributed by atoms with Crippen LogP contribution >= 0.6 is 15.9 Å². The molecular weight excluding hydrogens is 270 g/mol. The predicted molar refractivity (Wildman–Crippen MR) is 66.7 cm³/mol. The molecule has 92 valence electrons. The molecule has 1 aliphatic heterocycles. The van der Waals surface area contributed by atoms with Crippen molar-refractivity contribution in [1.29, 1.82) is 0 Å². The van der Waals surface area contributed by atoms with Crippen LogP contribution in [0.25, 0.3) is 0 Å². The fourth-order valence-electron chi connectivity index (χ4n) is 2.68. The van der Waals surface area contributed by atoms with Crippen LogP contribution in [0.2, 0.25) is 0 Å². The summed E-state index contributed by atoms with van der Waals surface area (Å²) in [5, 5.41) is 4.06. The molecule has 1 heterocycles. The third-order valence-corrected chi connectivity index (χ3v) is 4.97. The van der Waals surface area contributed by atoms with E-state index in [0.717, 1.165) is 31.0 Å². The largest absolute Gasteiger partial charge is 0.365 e. The topological polar surface area (TPSA) is 38.3 Å². The lowest BCUT2D eigenvalue weighted by atomic mass is 9.96. The highest BCUT2D eigenvalue weighted by Gasteiger charge is 2.42. The number of halogens is 1. The van der Waals surface area contributed by atoms with Gasteiger partial charge in [-0.15, -0.1) is 0 Å². The molecule has 1 N–H and O–H groups in total. The Morgan fingerprint density at radius 2 is 2.00 bits per heavy atom. The number of hydrogen-bond donors (Lipinski definition) is 1. The molecule has 1 unspecified atom stereocenters. The van der Waals surface area contributed by atoms with Gasteiger partial charge in [-0.1, -0.05) is 28.8 Å². The van der Waals surface area contributed by atoms with Gasteiger partial charge in [-0.2, -0.15) is 0 Å². The van der Waals surface area contributed by atoms with Gasteiger partial charge in [0.25, 0.3) is 5.91 Å². The van der Waals surface area contributed by atoms with Crippen LogP contribution in [0.1, 0.15) is 45.4 Å². The third kappa shape index (κ3) is 2.28. The molecule has 1 aliphatic carbocycles. The molecule has 1 amide bonds. The summed E-state index contributed by atoms with van der Waals surface area (Å²) in [5.74, 6) is 0.0753. The molecule has 2 rings (SSSR count). The van der Waals surface area contributed by atoms with E-state index in [4.69, 9.17) is 4.74 Å². The maximum absolute atomic E-state index is 12.2. The molecular formula is C12H20BrNO2. The Kier molecular flexibility index (Phi) is 3.59. The Hall–Kier alpha value is -0.0900. The van der Waals surface area contributed by atoms with Crippen LogP contribution < -0.4 is 5.32 Å². The summed E-state index contributed by atoms with van der Waals surface area (Å²) >= 11 is 3.53. The summed E-state index contributed by atoms with van der Waals surface area (Å²) < 4.78 is 5.57. The van der Waals surface area contributed by atoms with Crippen molar-refractivity contribution in [3.05, 3.63) is 0 Å². The second-order valence-electron chi connectivity index (χ2n) is 5.26. The van der Waals surface area contributed by atoms with Gasteiger partial charge in [-0.05, 0) is 32.6 Å². The van der Waals surface area contributed by atoms with Crippen molar-refractivity contribution in [1.82, 2.24) is 5.32 Å². The smallest absolute Gasteiger partial charge is 0.252 e. The zero-order valence-electron chi connectivity index (χ0n) is 9.85. The zero-order chi connectivity index (χ0) is 11.6. The Morgan fingerprint density at radius 1 is 1.31 bits per heavy atom. The van der Waals surface area contributed by atoms with Crippen molar-refractivity contribution in [3.8, 4) is 0 Å². The minimum atomic E-state index is -0.586. The maximum Gasteiger partial charge on any atom is 0.252 e. The minimum Gasteiger partial charge on any atom is -0.365 e. The van der Waals surface area contributed by atoms with Crippen LogP contribution in [0.3, 0.4) is 0 Å². The first kappa shape index (κ1) is 12.4. The highest BCUT2D eigenvalue weighted by molar-refractivity contribution is 9.09. The van der Waals surface area contributed by atoms with E-state index < -0.39 is 5.60 Å². The van der Waals surface area contributed by atoms with E-state index in [1.165, 1.54) is 12.8 Å². The van der Waals surface area contributed by atoms with Gasteiger partial charge in [0.2, 0.25) is 0 Å². The molecule has 0 radical (unpaired) electrons. The van der Waals surface area contributed by atoms with E-state index in [1.807, 2.05) is 6.92 Å². The van der Waals surface area contributed by atoms with Gasteiger partial charge in [0, 0.05) is 17.5 Å². The van der Waals surface area contributed by atoms with Crippen LogP contribution in [0.15, 0.2) is 0 Å². The number of carbonyl (C=O) groups excluding carboxylic acids is 1. The fraction of sp³-hybridized carbons (Fsp3) is 0.917. The highest BCUT2D eigenvalue weighted by atomic mass is 79.9. The standard InChI is InChI=1S/C12H20BrNO2/c1-11(5-4-8-16-11)10(15)14-12(9-13)6-2-3-7-12/h2-9H2,1H3,(H,14,15). The number of rotatable bonds is 3. The first-order chi connectivity index (χ1) is 7.60. The summed E-state index contributed by atoms with van der Waals surface area (Å²) in [6.07, 6.45) is 6.43. The van der Waals surface area contributed by atoms with Gasteiger partial charge in [0.05, 0.1) is 0 Å².